The topological polar surface area (TPSA) is 132 Å². The second kappa shape index (κ2) is 15.8. The van der Waals surface area contributed by atoms with Crippen LogP contribution in [0.4, 0.5) is 17.6 Å². The number of nitrogens with one attached hydrogen (secondary N) is 3. The lowest BCUT2D eigenvalue weighted by atomic mass is 9.97. The highest BCUT2D eigenvalue weighted by Crippen LogP contribution is 2.30. The van der Waals surface area contributed by atoms with Crippen molar-refractivity contribution >= 4 is 74.5 Å². The molecular weight excluding hydrogens is 661 g/mol. The minimum Gasteiger partial charge on any atom is -0.497 e. The SMILES string of the molecule is CCCCNc1nc(Cl)nc2c(CC(C)CCNc3nc(NCc4ccc(OC)cc4OC)nc4c(C)cc(Cl)nc34)cc(Cl)nc12. The fourth-order valence-electron chi connectivity index (χ4n) is 5.28. The summed E-state index contributed by atoms with van der Waals surface area (Å²) in [7, 11) is 3.25. The lowest BCUT2D eigenvalue weighted by Gasteiger charge is -2.17. The zero-order valence-corrected chi connectivity index (χ0v) is 29.3. The van der Waals surface area contributed by atoms with E-state index in [4.69, 9.17) is 54.2 Å². The van der Waals surface area contributed by atoms with Gasteiger partial charge in [-0.1, -0.05) is 43.5 Å². The summed E-state index contributed by atoms with van der Waals surface area (Å²) in [5.74, 6) is 3.32. The van der Waals surface area contributed by atoms with Crippen molar-refractivity contribution in [2.75, 3.05) is 43.3 Å². The van der Waals surface area contributed by atoms with Crippen LogP contribution < -0.4 is 25.4 Å². The smallest absolute Gasteiger partial charge is 0.225 e. The van der Waals surface area contributed by atoms with Gasteiger partial charge in [-0.05, 0) is 79.1 Å². The lowest BCUT2D eigenvalue weighted by molar-refractivity contribution is 0.391. The third-order valence-corrected chi connectivity index (χ3v) is 8.29. The Hall–Kier alpha value is -3.93. The van der Waals surface area contributed by atoms with E-state index >= 15 is 0 Å². The first-order valence-electron chi connectivity index (χ1n) is 15.5. The third kappa shape index (κ3) is 8.51. The Bertz CT molecular complexity index is 1880. The van der Waals surface area contributed by atoms with Crippen LogP contribution in [0.2, 0.25) is 15.6 Å². The van der Waals surface area contributed by atoms with Gasteiger partial charge >= 0.3 is 0 Å². The molecule has 11 nitrogen and oxygen atoms in total. The minimum atomic E-state index is 0.170. The van der Waals surface area contributed by atoms with E-state index in [0.29, 0.717) is 81.0 Å². The molecule has 0 radical (unpaired) electrons. The van der Waals surface area contributed by atoms with E-state index in [0.717, 1.165) is 42.5 Å². The molecule has 0 fully saturated rings. The van der Waals surface area contributed by atoms with E-state index in [1.165, 1.54) is 0 Å². The number of benzene rings is 1. The van der Waals surface area contributed by atoms with Crippen LogP contribution in [-0.4, -0.2) is 57.2 Å². The van der Waals surface area contributed by atoms with Crippen LogP contribution in [0.5, 0.6) is 11.5 Å². The summed E-state index contributed by atoms with van der Waals surface area (Å²) in [6.45, 7) is 8.10. The first-order valence-corrected chi connectivity index (χ1v) is 16.6. The molecule has 1 atom stereocenters. The molecule has 0 bridgehead atoms. The molecular formula is C33H38Cl3N9O2. The highest BCUT2D eigenvalue weighted by Gasteiger charge is 2.17. The van der Waals surface area contributed by atoms with E-state index < -0.39 is 0 Å². The van der Waals surface area contributed by atoms with Crippen molar-refractivity contribution in [2.24, 2.45) is 5.92 Å². The van der Waals surface area contributed by atoms with Crippen LogP contribution in [0.15, 0.2) is 30.3 Å². The molecule has 0 aliphatic heterocycles. The highest BCUT2D eigenvalue weighted by molar-refractivity contribution is 6.30. The number of halogens is 3. The molecule has 1 unspecified atom stereocenters. The highest BCUT2D eigenvalue weighted by atomic mass is 35.5. The average Bonchev–Trinajstić information content (AvgIpc) is 3.04. The van der Waals surface area contributed by atoms with Crippen LogP contribution in [0, 0.1) is 12.8 Å². The molecule has 0 aliphatic rings. The number of anilines is 3. The van der Waals surface area contributed by atoms with Crippen molar-refractivity contribution < 1.29 is 9.47 Å². The number of pyridine rings is 2. The van der Waals surface area contributed by atoms with Gasteiger partial charge in [0.25, 0.3) is 0 Å². The lowest BCUT2D eigenvalue weighted by Crippen LogP contribution is -2.13. The first-order chi connectivity index (χ1) is 22.7. The largest absolute Gasteiger partial charge is 0.497 e. The van der Waals surface area contributed by atoms with Crippen LogP contribution in [0.25, 0.3) is 22.1 Å². The fraction of sp³-hybridized carbons (Fsp3) is 0.394. The molecule has 3 N–H and O–H groups in total. The number of hydrogen-bond acceptors (Lipinski definition) is 11. The molecule has 0 spiro atoms. The molecule has 1 aromatic carbocycles. The Labute approximate surface area is 289 Å². The second-order valence-corrected chi connectivity index (χ2v) is 12.4. The van der Waals surface area contributed by atoms with Crippen molar-refractivity contribution in [1.29, 1.82) is 0 Å². The van der Waals surface area contributed by atoms with Crippen molar-refractivity contribution in [3.05, 3.63) is 62.6 Å². The van der Waals surface area contributed by atoms with E-state index in [2.05, 4.69) is 49.7 Å². The Kier molecular flexibility index (Phi) is 11.5. The predicted molar refractivity (Wildman–Crippen MR) is 191 cm³/mol. The molecule has 0 aliphatic carbocycles. The van der Waals surface area contributed by atoms with Gasteiger partial charge in [0.15, 0.2) is 11.6 Å². The van der Waals surface area contributed by atoms with E-state index in [1.54, 1.807) is 20.3 Å². The number of methoxy groups -OCH3 is 2. The molecule has 14 heteroatoms. The number of fused-ring (bicyclic) bond motifs is 2. The van der Waals surface area contributed by atoms with Gasteiger partial charge in [0.1, 0.15) is 32.8 Å². The number of rotatable bonds is 15. The van der Waals surface area contributed by atoms with Crippen molar-refractivity contribution in [3.8, 4) is 11.5 Å². The van der Waals surface area contributed by atoms with Gasteiger partial charge in [-0.15, -0.1) is 0 Å². The van der Waals surface area contributed by atoms with Gasteiger partial charge in [-0.2, -0.15) is 9.97 Å². The predicted octanol–water partition coefficient (Wildman–Crippen LogP) is 8.15. The van der Waals surface area contributed by atoms with Gasteiger partial charge in [0.05, 0.1) is 25.3 Å². The summed E-state index contributed by atoms with van der Waals surface area (Å²) in [6, 6.07) is 9.33. The summed E-state index contributed by atoms with van der Waals surface area (Å²) in [4.78, 5) is 27.5. The molecule has 0 amide bonds. The van der Waals surface area contributed by atoms with Crippen molar-refractivity contribution in [2.45, 2.75) is 53.0 Å². The van der Waals surface area contributed by atoms with Gasteiger partial charge in [0, 0.05) is 31.3 Å². The first kappa shape index (κ1) is 34.4. The number of aryl methyl sites for hydroxylation is 1. The molecule has 47 heavy (non-hydrogen) atoms. The number of nitrogens with zero attached hydrogens (tertiary/aromatic N) is 6. The number of aromatic nitrogens is 6. The zero-order valence-electron chi connectivity index (χ0n) is 27.0. The molecule has 5 rings (SSSR count). The Morgan fingerprint density at radius 2 is 1.47 bits per heavy atom. The van der Waals surface area contributed by atoms with Gasteiger partial charge < -0.3 is 25.4 Å². The maximum atomic E-state index is 6.47. The molecule has 4 heterocycles. The Balaban J connectivity index is 1.32. The summed E-state index contributed by atoms with van der Waals surface area (Å²) >= 11 is 19.1. The Morgan fingerprint density at radius 1 is 0.745 bits per heavy atom. The van der Waals surface area contributed by atoms with Crippen molar-refractivity contribution in [1.82, 2.24) is 29.9 Å². The summed E-state index contributed by atoms with van der Waals surface area (Å²) < 4.78 is 10.9. The normalized spacial score (nSPS) is 11.9. The van der Waals surface area contributed by atoms with Crippen LogP contribution in [0.3, 0.4) is 0 Å². The number of unbranched alkanes of at least 4 members (excludes halogenated alkanes) is 1. The zero-order chi connectivity index (χ0) is 33.5. The molecule has 248 valence electrons. The van der Waals surface area contributed by atoms with Crippen LogP contribution in [-0.2, 0) is 13.0 Å². The van der Waals surface area contributed by atoms with Gasteiger partial charge in [0.2, 0.25) is 11.2 Å². The molecule has 0 saturated carbocycles. The molecule has 4 aromatic heterocycles. The monoisotopic (exact) mass is 697 g/mol. The fourth-order valence-corrected chi connectivity index (χ4v) is 5.92. The van der Waals surface area contributed by atoms with E-state index in [-0.39, 0.29) is 11.2 Å². The maximum absolute atomic E-state index is 6.47. The van der Waals surface area contributed by atoms with Gasteiger partial charge in [-0.3, -0.25) is 0 Å². The molecule has 5 aromatic rings. The summed E-state index contributed by atoms with van der Waals surface area (Å²) in [5.41, 5.74) is 5.44. The van der Waals surface area contributed by atoms with E-state index in [9.17, 15) is 0 Å². The third-order valence-electron chi connectivity index (χ3n) is 7.74. The van der Waals surface area contributed by atoms with Gasteiger partial charge in [-0.25, -0.2) is 19.9 Å². The maximum Gasteiger partial charge on any atom is 0.225 e. The average molecular weight is 699 g/mol. The minimum absolute atomic E-state index is 0.170. The summed E-state index contributed by atoms with van der Waals surface area (Å²) in [6.07, 6.45) is 3.59. The van der Waals surface area contributed by atoms with Crippen LogP contribution >= 0.6 is 34.8 Å². The standard InChI is InChI=1S/C33H38Cl3N9O2/c1-6-7-11-37-30-29-27(42-32(36)44-30)21(15-25(35)41-29)13-18(2)10-12-38-31-28-26(19(3)14-24(34)40-28)43-33(45-31)39-17-20-8-9-22(46-4)16-23(20)47-5/h8-9,14-16,18H,6-7,10-13,17H2,1-5H3,(H,37,42,44)(H2,38,39,43,45). The number of ether oxygens (including phenoxy) is 2. The van der Waals surface area contributed by atoms with Crippen LogP contribution in [0.1, 0.15) is 49.8 Å². The quantitative estimate of drug-likeness (QED) is 0.0556. The van der Waals surface area contributed by atoms with Crippen molar-refractivity contribution in [3.63, 3.8) is 0 Å². The summed E-state index contributed by atoms with van der Waals surface area (Å²) in [5, 5.41) is 11.1. The second-order valence-electron chi connectivity index (χ2n) is 11.3. The Morgan fingerprint density at radius 3 is 2.21 bits per heavy atom. The molecule has 0 saturated heterocycles. The van der Waals surface area contributed by atoms with E-state index in [1.807, 2.05) is 31.2 Å². The number of hydrogen-bond donors (Lipinski definition) is 3.